The quantitative estimate of drug-likeness (QED) is 0.275. The summed E-state index contributed by atoms with van der Waals surface area (Å²) in [7, 11) is 0. The molecule has 2 heterocycles. The second kappa shape index (κ2) is 11.7. The van der Waals surface area contributed by atoms with Gasteiger partial charge < -0.3 is 9.64 Å². The summed E-state index contributed by atoms with van der Waals surface area (Å²) >= 11 is 0. The second-order valence-corrected chi connectivity index (χ2v) is 9.08. The predicted octanol–water partition coefficient (Wildman–Crippen LogP) is 4.64. The maximum atomic E-state index is 11.7. The van der Waals surface area contributed by atoms with Crippen molar-refractivity contribution < 1.29 is 14.7 Å². The van der Waals surface area contributed by atoms with Gasteiger partial charge in [0.15, 0.2) is 0 Å². The van der Waals surface area contributed by atoms with Crippen LogP contribution in [0.4, 0.5) is 5.82 Å². The molecule has 0 atom stereocenters. The van der Waals surface area contributed by atoms with Crippen LogP contribution in [-0.4, -0.2) is 60.3 Å². The van der Waals surface area contributed by atoms with Gasteiger partial charge in [-0.15, -0.1) is 0 Å². The summed E-state index contributed by atoms with van der Waals surface area (Å²) < 4.78 is 6.35. The zero-order valence-electron chi connectivity index (χ0n) is 20.6. The van der Waals surface area contributed by atoms with Crippen molar-refractivity contribution in [3.8, 4) is 5.75 Å². The number of amides is 1. The lowest BCUT2D eigenvalue weighted by Crippen LogP contribution is -2.47. The zero-order chi connectivity index (χ0) is 25.5. The molecule has 188 valence electrons. The molecule has 7 heteroatoms. The number of fused-ring (bicyclic) bond motifs is 1. The van der Waals surface area contributed by atoms with Crippen LogP contribution in [0.3, 0.4) is 0 Å². The van der Waals surface area contributed by atoms with Crippen molar-refractivity contribution in [1.82, 2.24) is 15.4 Å². The summed E-state index contributed by atoms with van der Waals surface area (Å²) in [6, 6.07) is 27.5. The van der Waals surface area contributed by atoms with Crippen LogP contribution in [0.15, 0.2) is 96.7 Å². The zero-order valence-corrected chi connectivity index (χ0v) is 20.6. The molecule has 1 fully saturated rings. The van der Waals surface area contributed by atoms with Crippen LogP contribution < -0.4 is 15.1 Å². The normalized spacial score (nSPS) is 14.5. The third-order valence-electron chi connectivity index (χ3n) is 6.58. The summed E-state index contributed by atoms with van der Waals surface area (Å²) in [5, 5.41) is 11.1. The van der Waals surface area contributed by atoms with Gasteiger partial charge in [-0.2, -0.15) is 0 Å². The maximum Gasteiger partial charge on any atom is 0.274 e. The van der Waals surface area contributed by atoms with Gasteiger partial charge in [-0.05, 0) is 46.9 Å². The first-order valence-corrected chi connectivity index (χ1v) is 12.4. The molecule has 0 spiro atoms. The Balaban J connectivity index is 1.32. The Labute approximate surface area is 216 Å². The van der Waals surface area contributed by atoms with E-state index < -0.39 is 5.91 Å². The number of nitrogens with zero attached hydrogens (tertiary/aromatic N) is 3. The minimum absolute atomic E-state index is 0.402. The van der Waals surface area contributed by atoms with Crippen molar-refractivity contribution in [2.45, 2.75) is 0 Å². The van der Waals surface area contributed by atoms with Gasteiger partial charge in [-0.25, -0.2) is 10.5 Å². The fourth-order valence-electron chi connectivity index (χ4n) is 4.62. The number of aromatic nitrogens is 1. The molecular weight excluding hydrogens is 464 g/mol. The Hall–Kier alpha value is -4.20. The molecule has 1 aliphatic heterocycles. The number of carbonyl (C=O) groups excluding carboxylic acids is 1. The van der Waals surface area contributed by atoms with Crippen molar-refractivity contribution >= 4 is 28.6 Å². The number of ether oxygens (including phenoxy) is 1. The highest BCUT2D eigenvalue weighted by atomic mass is 16.5. The molecule has 0 bridgehead atoms. The number of hydrogen-bond acceptors (Lipinski definition) is 6. The maximum absolute atomic E-state index is 11.7. The van der Waals surface area contributed by atoms with Crippen LogP contribution in [0, 0.1) is 0 Å². The summed E-state index contributed by atoms with van der Waals surface area (Å²) in [5.74, 6) is 1.35. The van der Waals surface area contributed by atoms with E-state index in [9.17, 15) is 4.79 Å². The van der Waals surface area contributed by atoms with E-state index in [1.165, 1.54) is 0 Å². The number of rotatable bonds is 8. The van der Waals surface area contributed by atoms with Gasteiger partial charge in [0.05, 0.1) is 0 Å². The SMILES string of the molecule is O=C(NO)c1ccc(/C=C(/COc2cccc3ccccc23)CN2CCN(c3ccccn3)CC2)cc1. The van der Waals surface area contributed by atoms with Crippen LogP contribution in [0.5, 0.6) is 5.75 Å². The number of nitrogens with one attached hydrogen (secondary N) is 1. The van der Waals surface area contributed by atoms with Gasteiger partial charge in [-0.3, -0.25) is 14.9 Å². The molecule has 37 heavy (non-hydrogen) atoms. The lowest BCUT2D eigenvalue weighted by Gasteiger charge is -2.35. The number of pyridine rings is 1. The van der Waals surface area contributed by atoms with E-state index in [1.807, 2.05) is 54.7 Å². The molecule has 1 amide bonds. The summed E-state index contributed by atoms with van der Waals surface area (Å²) in [6.45, 7) is 4.92. The Morgan fingerprint density at radius 3 is 2.43 bits per heavy atom. The van der Waals surface area contributed by atoms with Gasteiger partial charge in [-0.1, -0.05) is 60.7 Å². The molecule has 4 aromatic rings. The van der Waals surface area contributed by atoms with Crippen molar-refractivity contribution in [2.24, 2.45) is 0 Å². The minimum Gasteiger partial charge on any atom is -0.489 e. The highest BCUT2D eigenvalue weighted by molar-refractivity contribution is 5.93. The summed E-state index contributed by atoms with van der Waals surface area (Å²) in [5.41, 5.74) is 4.18. The minimum atomic E-state index is -0.527. The number of anilines is 1. The van der Waals surface area contributed by atoms with Gasteiger partial charge in [0.2, 0.25) is 0 Å². The number of carbonyl (C=O) groups is 1. The summed E-state index contributed by atoms with van der Waals surface area (Å²) in [4.78, 5) is 20.9. The van der Waals surface area contributed by atoms with Crippen LogP contribution in [0.25, 0.3) is 16.8 Å². The molecule has 2 N–H and O–H groups in total. The molecule has 7 nitrogen and oxygen atoms in total. The molecule has 0 aliphatic carbocycles. The molecule has 0 unspecified atom stereocenters. The highest BCUT2D eigenvalue weighted by Crippen LogP contribution is 2.26. The number of hydrogen-bond donors (Lipinski definition) is 2. The fourth-order valence-corrected chi connectivity index (χ4v) is 4.62. The van der Waals surface area contributed by atoms with Crippen LogP contribution >= 0.6 is 0 Å². The van der Waals surface area contributed by atoms with Crippen LogP contribution in [0.1, 0.15) is 15.9 Å². The van der Waals surface area contributed by atoms with Gasteiger partial charge in [0, 0.05) is 49.9 Å². The molecule has 3 aromatic carbocycles. The molecular formula is C30H30N4O3. The van der Waals surface area contributed by atoms with E-state index in [1.54, 1.807) is 17.6 Å². The van der Waals surface area contributed by atoms with E-state index in [0.717, 1.165) is 66.2 Å². The van der Waals surface area contributed by atoms with E-state index in [0.29, 0.717) is 12.2 Å². The first-order chi connectivity index (χ1) is 18.2. The third kappa shape index (κ3) is 6.14. The number of piperazine rings is 1. The monoisotopic (exact) mass is 494 g/mol. The van der Waals surface area contributed by atoms with Crippen LogP contribution in [-0.2, 0) is 0 Å². The van der Waals surface area contributed by atoms with Crippen molar-refractivity contribution in [1.29, 1.82) is 0 Å². The lowest BCUT2D eigenvalue weighted by atomic mass is 10.1. The topological polar surface area (TPSA) is 77.9 Å². The average molecular weight is 495 g/mol. The molecule has 0 saturated carbocycles. The molecule has 1 aromatic heterocycles. The van der Waals surface area contributed by atoms with Crippen LogP contribution in [0.2, 0.25) is 0 Å². The van der Waals surface area contributed by atoms with E-state index in [-0.39, 0.29) is 0 Å². The standard InChI is InChI=1S/C30H30N4O3/c35-30(32-36)26-13-11-23(12-14-26)20-24(22-37-28-9-5-7-25-6-1-2-8-27(25)28)21-33-16-18-34(19-17-33)29-10-3-4-15-31-29/h1-15,20,36H,16-19,21-22H2,(H,32,35)/b24-20+. The Bertz CT molecular complexity index is 1360. The van der Waals surface area contributed by atoms with E-state index in [2.05, 4.69) is 45.1 Å². The Morgan fingerprint density at radius 2 is 1.68 bits per heavy atom. The Morgan fingerprint density at radius 1 is 0.919 bits per heavy atom. The Kier molecular flexibility index (Phi) is 7.74. The van der Waals surface area contributed by atoms with Gasteiger partial charge in [0.25, 0.3) is 5.91 Å². The number of hydroxylamine groups is 1. The smallest absolute Gasteiger partial charge is 0.274 e. The predicted molar refractivity (Wildman–Crippen MR) is 146 cm³/mol. The van der Waals surface area contributed by atoms with Crippen molar-refractivity contribution in [3.63, 3.8) is 0 Å². The van der Waals surface area contributed by atoms with Crippen molar-refractivity contribution in [2.75, 3.05) is 44.2 Å². The highest BCUT2D eigenvalue weighted by Gasteiger charge is 2.19. The van der Waals surface area contributed by atoms with E-state index in [4.69, 9.17) is 9.94 Å². The lowest BCUT2D eigenvalue weighted by molar-refractivity contribution is 0.0706. The first kappa shape index (κ1) is 24.5. The van der Waals surface area contributed by atoms with E-state index >= 15 is 0 Å². The molecule has 0 radical (unpaired) electrons. The second-order valence-electron chi connectivity index (χ2n) is 9.08. The average Bonchev–Trinajstić information content (AvgIpc) is 2.96. The largest absolute Gasteiger partial charge is 0.489 e. The first-order valence-electron chi connectivity index (χ1n) is 12.4. The molecule has 1 saturated heterocycles. The van der Waals surface area contributed by atoms with Gasteiger partial charge in [0.1, 0.15) is 18.2 Å². The third-order valence-corrected chi connectivity index (χ3v) is 6.58. The summed E-state index contributed by atoms with van der Waals surface area (Å²) in [6.07, 6.45) is 3.96. The van der Waals surface area contributed by atoms with Crippen molar-refractivity contribution in [3.05, 3.63) is 108 Å². The molecule has 1 aliphatic rings. The van der Waals surface area contributed by atoms with Gasteiger partial charge >= 0.3 is 0 Å². The molecule has 5 rings (SSSR count). The fraction of sp³-hybridized carbons (Fsp3) is 0.200. The number of benzene rings is 3.